The van der Waals surface area contributed by atoms with Gasteiger partial charge in [-0.15, -0.1) is 0 Å². The zero-order chi connectivity index (χ0) is 22.8. The highest BCUT2D eigenvalue weighted by atomic mass is 35.5. The highest BCUT2D eigenvalue weighted by Gasteiger charge is 2.28. The summed E-state index contributed by atoms with van der Waals surface area (Å²) in [4.78, 5) is 35.6. The van der Waals surface area contributed by atoms with Gasteiger partial charge in [0.1, 0.15) is 0 Å². The number of hydrogen-bond donors (Lipinski definition) is 2. The maximum Gasteiger partial charge on any atom is 0.414 e. The molecule has 1 aliphatic heterocycles. The second-order valence-electron chi connectivity index (χ2n) is 7.53. The fourth-order valence-corrected chi connectivity index (χ4v) is 3.74. The number of likely N-dealkylation sites (N-methyl/N-ethyl adjacent to an activating group) is 1. The number of halogens is 2. The van der Waals surface area contributed by atoms with Crippen molar-refractivity contribution in [2.45, 2.75) is 46.1 Å². The number of carbonyl (C=O) groups excluding carboxylic acids is 1. The predicted molar refractivity (Wildman–Crippen MR) is 117 cm³/mol. The second-order valence-corrected chi connectivity index (χ2v) is 8.35. The van der Waals surface area contributed by atoms with E-state index in [1.165, 1.54) is 12.8 Å². The van der Waals surface area contributed by atoms with E-state index in [1.807, 2.05) is 11.0 Å². The van der Waals surface area contributed by atoms with E-state index >= 15 is 0 Å². The van der Waals surface area contributed by atoms with Crippen LogP contribution in [0.15, 0.2) is 18.2 Å². The van der Waals surface area contributed by atoms with Crippen LogP contribution in [0.1, 0.15) is 39.2 Å². The van der Waals surface area contributed by atoms with E-state index in [-0.39, 0.29) is 11.9 Å². The molecule has 2 N–H and O–H groups in total. The van der Waals surface area contributed by atoms with Crippen molar-refractivity contribution in [2.24, 2.45) is 5.92 Å². The molecule has 0 spiro atoms. The third kappa shape index (κ3) is 8.50. The fourth-order valence-electron chi connectivity index (χ4n) is 3.42. The first kappa shape index (κ1) is 26.2. The van der Waals surface area contributed by atoms with E-state index in [2.05, 4.69) is 25.7 Å². The van der Waals surface area contributed by atoms with Crippen molar-refractivity contribution >= 4 is 41.0 Å². The molecule has 0 aromatic heterocycles. The molecule has 1 fully saturated rings. The third-order valence-corrected chi connectivity index (χ3v) is 5.74. The summed E-state index contributed by atoms with van der Waals surface area (Å²) in [5.41, 5.74) is 0.913. The van der Waals surface area contributed by atoms with Crippen LogP contribution < -0.4 is 0 Å². The minimum Gasteiger partial charge on any atom is -0.473 e. The van der Waals surface area contributed by atoms with Gasteiger partial charge in [0.05, 0.1) is 16.5 Å². The van der Waals surface area contributed by atoms with Crippen molar-refractivity contribution in [2.75, 3.05) is 26.2 Å². The van der Waals surface area contributed by atoms with Gasteiger partial charge in [0.25, 0.3) is 0 Å². The Bertz CT molecular complexity index is 724. The van der Waals surface area contributed by atoms with Gasteiger partial charge >= 0.3 is 11.9 Å². The zero-order valence-corrected chi connectivity index (χ0v) is 19.1. The Hall–Kier alpha value is -1.83. The monoisotopic (exact) mass is 460 g/mol. The van der Waals surface area contributed by atoms with Crippen LogP contribution >= 0.6 is 23.2 Å². The third-order valence-electron chi connectivity index (χ3n) is 5.00. The van der Waals surface area contributed by atoms with Crippen molar-refractivity contribution < 1.29 is 24.6 Å². The summed E-state index contributed by atoms with van der Waals surface area (Å²) in [5, 5.41) is 15.8. The number of likely N-dealkylation sites (tertiary alicyclic amines) is 1. The summed E-state index contributed by atoms with van der Waals surface area (Å²) in [6, 6.07) is 5.68. The summed E-state index contributed by atoms with van der Waals surface area (Å²) in [7, 11) is 0. The number of hydrogen-bond acceptors (Lipinski definition) is 4. The van der Waals surface area contributed by atoms with Gasteiger partial charge in [-0.25, -0.2) is 9.59 Å². The molecule has 1 aromatic carbocycles. The van der Waals surface area contributed by atoms with Gasteiger partial charge in [-0.1, -0.05) is 43.1 Å². The number of carboxylic acid groups (broad SMARTS) is 2. The Balaban J connectivity index is 0.000000656. The number of aliphatic carboxylic acids is 2. The van der Waals surface area contributed by atoms with Gasteiger partial charge in [0.15, 0.2) is 0 Å². The lowest BCUT2D eigenvalue weighted by Crippen LogP contribution is -2.49. The summed E-state index contributed by atoms with van der Waals surface area (Å²) in [6.45, 7) is 10.5. The average Bonchev–Trinajstić information content (AvgIpc) is 3.18. The van der Waals surface area contributed by atoms with Gasteiger partial charge in [-0.2, -0.15) is 0 Å². The van der Waals surface area contributed by atoms with E-state index in [9.17, 15) is 4.79 Å². The molecule has 1 atom stereocenters. The number of rotatable bonds is 7. The zero-order valence-electron chi connectivity index (χ0n) is 17.6. The first-order chi connectivity index (χ1) is 14.1. The van der Waals surface area contributed by atoms with Crippen molar-refractivity contribution in [1.82, 2.24) is 9.80 Å². The summed E-state index contributed by atoms with van der Waals surface area (Å²) in [5.74, 6) is -3.05. The van der Waals surface area contributed by atoms with Crippen LogP contribution in [-0.2, 0) is 20.8 Å². The maximum atomic E-state index is 12.9. The van der Waals surface area contributed by atoms with Crippen LogP contribution in [0, 0.1) is 5.92 Å². The highest BCUT2D eigenvalue weighted by Crippen LogP contribution is 2.24. The Labute approximate surface area is 187 Å². The van der Waals surface area contributed by atoms with Gasteiger partial charge in [0, 0.05) is 19.1 Å². The minimum atomic E-state index is -1.82. The summed E-state index contributed by atoms with van der Waals surface area (Å²) in [6.07, 6.45) is 2.91. The normalized spacial score (nSPS) is 14.7. The number of amides is 1. The Morgan fingerprint density at radius 3 is 2.07 bits per heavy atom. The molecule has 0 saturated carbocycles. The average molecular weight is 461 g/mol. The highest BCUT2D eigenvalue weighted by molar-refractivity contribution is 6.42. The van der Waals surface area contributed by atoms with Crippen LogP contribution in [0.5, 0.6) is 0 Å². The van der Waals surface area contributed by atoms with Crippen LogP contribution in [-0.4, -0.2) is 70.1 Å². The Morgan fingerprint density at radius 2 is 1.63 bits per heavy atom. The quantitative estimate of drug-likeness (QED) is 0.602. The van der Waals surface area contributed by atoms with Gasteiger partial charge in [0.2, 0.25) is 5.91 Å². The second kappa shape index (κ2) is 12.8. The van der Waals surface area contributed by atoms with Crippen molar-refractivity contribution in [3.05, 3.63) is 33.8 Å². The molecule has 0 bridgehead atoms. The van der Waals surface area contributed by atoms with Crippen LogP contribution in [0.4, 0.5) is 0 Å². The van der Waals surface area contributed by atoms with Crippen molar-refractivity contribution in [1.29, 1.82) is 0 Å². The lowest BCUT2D eigenvalue weighted by atomic mass is 10.0. The Morgan fingerprint density at radius 1 is 1.07 bits per heavy atom. The number of benzene rings is 1. The summed E-state index contributed by atoms with van der Waals surface area (Å²) >= 11 is 12.0. The van der Waals surface area contributed by atoms with Crippen LogP contribution in [0.2, 0.25) is 10.0 Å². The molecule has 168 valence electrons. The molecule has 1 aromatic rings. The number of carbonyl (C=O) groups is 3. The van der Waals surface area contributed by atoms with Crippen molar-refractivity contribution in [3.63, 3.8) is 0 Å². The molecule has 1 unspecified atom stereocenters. The molecule has 0 aliphatic carbocycles. The molecule has 9 heteroatoms. The fraction of sp³-hybridized carbons (Fsp3) is 0.571. The van der Waals surface area contributed by atoms with Gasteiger partial charge < -0.3 is 20.0 Å². The number of carboxylic acids is 2. The lowest BCUT2D eigenvalue weighted by molar-refractivity contribution is -0.159. The van der Waals surface area contributed by atoms with Crippen LogP contribution in [0.25, 0.3) is 0 Å². The first-order valence-corrected chi connectivity index (χ1v) is 10.7. The van der Waals surface area contributed by atoms with E-state index in [1.54, 1.807) is 12.1 Å². The molecule has 1 aliphatic rings. The molecule has 0 radical (unpaired) electrons. The predicted octanol–water partition coefficient (Wildman–Crippen LogP) is 3.66. The molecule has 30 heavy (non-hydrogen) atoms. The smallest absolute Gasteiger partial charge is 0.414 e. The SMILES string of the molecule is CCN(C(=O)Cc1ccc(Cl)c(Cl)c1)C(CN1CCCC1)C(C)C.O=C(O)C(=O)O. The lowest BCUT2D eigenvalue weighted by Gasteiger charge is -2.36. The summed E-state index contributed by atoms with van der Waals surface area (Å²) < 4.78 is 0. The van der Waals surface area contributed by atoms with Crippen LogP contribution in [0.3, 0.4) is 0 Å². The maximum absolute atomic E-state index is 12.9. The largest absolute Gasteiger partial charge is 0.473 e. The first-order valence-electron chi connectivity index (χ1n) is 9.98. The topological polar surface area (TPSA) is 98.2 Å². The van der Waals surface area contributed by atoms with E-state index in [4.69, 9.17) is 43.0 Å². The van der Waals surface area contributed by atoms with Gasteiger partial charge in [-0.05, 0) is 56.5 Å². The molecular formula is C21H30Cl2N2O5. The molecule has 1 amide bonds. The molecule has 1 saturated heterocycles. The van der Waals surface area contributed by atoms with E-state index in [0.29, 0.717) is 22.4 Å². The number of nitrogens with zero attached hydrogens (tertiary/aromatic N) is 2. The molecule has 2 rings (SSSR count). The molecule has 7 nitrogen and oxygen atoms in total. The Kier molecular flexibility index (Phi) is 11.2. The van der Waals surface area contributed by atoms with E-state index < -0.39 is 11.9 Å². The minimum absolute atomic E-state index is 0.161. The van der Waals surface area contributed by atoms with Crippen molar-refractivity contribution in [3.8, 4) is 0 Å². The van der Waals surface area contributed by atoms with Gasteiger partial charge in [-0.3, -0.25) is 4.79 Å². The molecular weight excluding hydrogens is 431 g/mol. The standard InChI is InChI=1S/C19H28Cl2N2O.C2H2O4/c1-4-23(18(14(2)3)13-22-9-5-6-10-22)19(24)12-15-7-8-16(20)17(21)11-15;3-1(4)2(5)6/h7-8,11,14,18H,4-6,9-10,12-13H2,1-3H3;(H,3,4)(H,5,6). The van der Waals surface area contributed by atoms with E-state index in [0.717, 1.165) is 31.7 Å². The molecule has 1 heterocycles.